The van der Waals surface area contributed by atoms with Crippen molar-refractivity contribution in [2.24, 2.45) is 0 Å². The molecule has 1 saturated heterocycles. The number of hydrogen-bond donors (Lipinski definition) is 0. The van der Waals surface area contributed by atoms with Crippen molar-refractivity contribution in [1.82, 2.24) is 14.3 Å². The van der Waals surface area contributed by atoms with E-state index in [4.69, 9.17) is 11.6 Å². The van der Waals surface area contributed by atoms with Gasteiger partial charge in [-0.2, -0.15) is 4.31 Å². The predicted molar refractivity (Wildman–Crippen MR) is 84.4 cm³/mol. The lowest BCUT2D eigenvalue weighted by Crippen LogP contribution is -2.49. The largest absolute Gasteiger partial charge is 0.338 e. The third kappa shape index (κ3) is 3.29. The van der Waals surface area contributed by atoms with Crippen LogP contribution in [0, 0.1) is 5.82 Å². The summed E-state index contributed by atoms with van der Waals surface area (Å²) in [4.78, 5) is 10.2. The standard InChI is InChI=1S/C14H14ClFN4O2S/c15-12-10-11(2-3-13(12)16)23(21,22)20-8-6-19(7-9-20)14-17-4-1-5-18-14/h1-5,10H,6-9H2. The van der Waals surface area contributed by atoms with Crippen LogP contribution in [0.1, 0.15) is 0 Å². The van der Waals surface area contributed by atoms with Crippen molar-refractivity contribution in [3.05, 3.63) is 47.5 Å². The van der Waals surface area contributed by atoms with Crippen molar-refractivity contribution in [1.29, 1.82) is 0 Å². The zero-order valence-electron chi connectivity index (χ0n) is 12.1. The highest BCUT2D eigenvalue weighted by molar-refractivity contribution is 7.89. The number of sulfonamides is 1. The van der Waals surface area contributed by atoms with Gasteiger partial charge in [0, 0.05) is 38.6 Å². The Kier molecular flexibility index (Phi) is 4.47. The van der Waals surface area contributed by atoms with Gasteiger partial charge in [0.05, 0.1) is 9.92 Å². The predicted octanol–water partition coefficient (Wildman–Crippen LogP) is 1.78. The first-order chi connectivity index (χ1) is 11.0. The Hall–Kier alpha value is -1.77. The third-order valence-electron chi connectivity index (χ3n) is 3.60. The molecule has 1 fully saturated rings. The monoisotopic (exact) mass is 356 g/mol. The van der Waals surface area contributed by atoms with Crippen molar-refractivity contribution in [3.8, 4) is 0 Å². The molecule has 0 unspecified atom stereocenters. The molecular weight excluding hydrogens is 343 g/mol. The minimum atomic E-state index is -3.69. The Labute approximate surface area is 138 Å². The number of halogens is 2. The van der Waals surface area contributed by atoms with Gasteiger partial charge in [0.2, 0.25) is 16.0 Å². The van der Waals surface area contributed by atoms with Gasteiger partial charge in [-0.15, -0.1) is 0 Å². The third-order valence-corrected chi connectivity index (χ3v) is 5.79. The number of anilines is 1. The van der Waals surface area contributed by atoms with Gasteiger partial charge in [0.1, 0.15) is 5.82 Å². The second-order valence-corrected chi connectivity index (χ2v) is 7.36. The maximum atomic E-state index is 13.2. The molecule has 23 heavy (non-hydrogen) atoms. The molecule has 2 aromatic rings. The van der Waals surface area contributed by atoms with Crippen molar-refractivity contribution in [3.63, 3.8) is 0 Å². The molecule has 1 aliphatic rings. The number of nitrogens with zero attached hydrogens (tertiary/aromatic N) is 4. The van der Waals surface area contributed by atoms with Crippen molar-refractivity contribution in [2.45, 2.75) is 4.90 Å². The topological polar surface area (TPSA) is 66.4 Å². The molecule has 0 aliphatic carbocycles. The van der Waals surface area contributed by atoms with Gasteiger partial charge >= 0.3 is 0 Å². The molecule has 3 rings (SSSR count). The molecule has 6 nitrogen and oxygen atoms in total. The highest BCUT2D eigenvalue weighted by atomic mass is 35.5. The summed E-state index contributed by atoms with van der Waals surface area (Å²) in [5.41, 5.74) is 0. The zero-order chi connectivity index (χ0) is 16.4. The summed E-state index contributed by atoms with van der Waals surface area (Å²) in [6.45, 7) is 1.57. The minimum Gasteiger partial charge on any atom is -0.338 e. The summed E-state index contributed by atoms with van der Waals surface area (Å²) >= 11 is 5.68. The van der Waals surface area contributed by atoms with E-state index in [1.54, 1.807) is 18.5 Å². The van der Waals surface area contributed by atoms with Gasteiger partial charge in [-0.05, 0) is 24.3 Å². The zero-order valence-corrected chi connectivity index (χ0v) is 13.6. The van der Waals surface area contributed by atoms with Crippen LogP contribution in [0.25, 0.3) is 0 Å². The molecule has 0 amide bonds. The summed E-state index contributed by atoms with van der Waals surface area (Å²) in [6.07, 6.45) is 3.29. The molecule has 2 heterocycles. The normalized spacial score (nSPS) is 16.5. The fraction of sp³-hybridized carbons (Fsp3) is 0.286. The quantitative estimate of drug-likeness (QED) is 0.838. The van der Waals surface area contributed by atoms with Crippen molar-refractivity contribution < 1.29 is 12.8 Å². The molecule has 0 radical (unpaired) electrons. The number of benzene rings is 1. The van der Waals surface area contributed by atoms with E-state index in [-0.39, 0.29) is 9.92 Å². The molecule has 1 aromatic heterocycles. The maximum Gasteiger partial charge on any atom is 0.243 e. The highest BCUT2D eigenvalue weighted by Gasteiger charge is 2.29. The fourth-order valence-corrected chi connectivity index (χ4v) is 4.06. The van der Waals surface area contributed by atoms with Gasteiger partial charge in [-0.1, -0.05) is 11.6 Å². The summed E-state index contributed by atoms with van der Waals surface area (Å²) < 4.78 is 39.7. The fourth-order valence-electron chi connectivity index (χ4n) is 2.37. The van der Waals surface area contributed by atoms with Gasteiger partial charge in [-0.3, -0.25) is 0 Å². The SMILES string of the molecule is O=S(=O)(c1ccc(F)c(Cl)c1)N1CCN(c2ncccn2)CC1. The first-order valence-corrected chi connectivity index (χ1v) is 8.77. The van der Waals surface area contributed by atoms with Crippen LogP contribution in [-0.4, -0.2) is 48.9 Å². The van der Waals surface area contributed by atoms with Gasteiger partial charge < -0.3 is 4.90 Å². The van der Waals surface area contributed by atoms with Gasteiger partial charge in [-0.25, -0.2) is 22.8 Å². The molecule has 0 atom stereocenters. The maximum absolute atomic E-state index is 13.2. The molecule has 1 aromatic carbocycles. The first-order valence-electron chi connectivity index (χ1n) is 6.95. The van der Waals surface area contributed by atoms with Crippen LogP contribution >= 0.6 is 11.6 Å². The van der Waals surface area contributed by atoms with E-state index in [9.17, 15) is 12.8 Å². The van der Waals surface area contributed by atoms with Crippen LogP contribution in [0.4, 0.5) is 10.3 Å². The average molecular weight is 357 g/mol. The second kappa shape index (κ2) is 6.38. The van der Waals surface area contributed by atoms with Crippen molar-refractivity contribution in [2.75, 3.05) is 31.1 Å². The molecule has 1 aliphatic heterocycles. The van der Waals surface area contributed by atoms with E-state index in [0.717, 1.165) is 12.1 Å². The van der Waals surface area contributed by atoms with E-state index < -0.39 is 15.8 Å². The minimum absolute atomic E-state index is 0.00619. The Morgan fingerprint density at radius 3 is 2.35 bits per heavy atom. The van der Waals surface area contributed by atoms with Gasteiger partial charge in [0.15, 0.2) is 0 Å². The Morgan fingerprint density at radius 2 is 1.74 bits per heavy atom. The molecule has 0 bridgehead atoms. The molecule has 0 N–H and O–H groups in total. The number of hydrogen-bond acceptors (Lipinski definition) is 5. The van der Waals surface area contributed by atoms with Crippen LogP contribution in [0.5, 0.6) is 0 Å². The van der Waals surface area contributed by atoms with Crippen LogP contribution in [0.15, 0.2) is 41.6 Å². The van der Waals surface area contributed by atoms with Crippen molar-refractivity contribution >= 4 is 27.6 Å². The van der Waals surface area contributed by atoms with E-state index in [2.05, 4.69) is 9.97 Å². The van der Waals surface area contributed by atoms with Crippen LogP contribution in [0.2, 0.25) is 5.02 Å². The van der Waals surface area contributed by atoms with Crippen LogP contribution in [-0.2, 0) is 10.0 Å². The molecular formula is C14H14ClFN4O2S. The number of rotatable bonds is 3. The lowest BCUT2D eigenvalue weighted by atomic mass is 10.3. The summed E-state index contributed by atoms with van der Waals surface area (Å²) in [6, 6.07) is 5.15. The Balaban J connectivity index is 1.75. The summed E-state index contributed by atoms with van der Waals surface area (Å²) in [7, 11) is -3.69. The molecule has 122 valence electrons. The lowest BCUT2D eigenvalue weighted by molar-refractivity contribution is 0.382. The highest BCUT2D eigenvalue weighted by Crippen LogP contribution is 2.23. The summed E-state index contributed by atoms with van der Waals surface area (Å²) in [5.74, 6) is -0.0639. The lowest BCUT2D eigenvalue weighted by Gasteiger charge is -2.33. The second-order valence-electron chi connectivity index (χ2n) is 5.02. The van der Waals surface area contributed by atoms with E-state index in [1.165, 1.54) is 10.4 Å². The van der Waals surface area contributed by atoms with Crippen LogP contribution < -0.4 is 4.90 Å². The Morgan fingerprint density at radius 1 is 1.09 bits per heavy atom. The Bertz CT molecular complexity index is 796. The van der Waals surface area contributed by atoms with Crippen LogP contribution in [0.3, 0.4) is 0 Å². The number of aromatic nitrogens is 2. The molecule has 9 heteroatoms. The van der Waals surface area contributed by atoms with Gasteiger partial charge in [0.25, 0.3) is 0 Å². The first kappa shape index (κ1) is 16.1. The smallest absolute Gasteiger partial charge is 0.243 e. The van der Waals surface area contributed by atoms with E-state index in [1.807, 2.05) is 4.90 Å². The van der Waals surface area contributed by atoms with E-state index in [0.29, 0.717) is 32.1 Å². The average Bonchev–Trinajstić information content (AvgIpc) is 2.58. The van der Waals surface area contributed by atoms with E-state index >= 15 is 0 Å². The number of piperazine rings is 1. The molecule has 0 spiro atoms. The molecule has 0 saturated carbocycles. The summed E-state index contributed by atoms with van der Waals surface area (Å²) in [5, 5.41) is -0.206.